The second-order valence-electron chi connectivity index (χ2n) is 5.23. The van der Waals surface area contributed by atoms with Crippen LogP contribution < -0.4 is 10.1 Å². The summed E-state index contributed by atoms with van der Waals surface area (Å²) in [5.74, 6) is 0.0390. The zero-order valence-corrected chi connectivity index (χ0v) is 13.2. The lowest BCUT2D eigenvalue weighted by Gasteiger charge is -2.13. The van der Waals surface area contributed by atoms with Crippen molar-refractivity contribution in [1.29, 1.82) is 0 Å². The minimum absolute atomic E-state index is 0.0390. The Balaban J connectivity index is 1.90. The molecule has 0 aliphatic carbocycles. The number of benzene rings is 1. The first-order valence-electron chi connectivity index (χ1n) is 7.44. The zero-order chi connectivity index (χ0) is 16.8. The van der Waals surface area contributed by atoms with Crippen molar-refractivity contribution in [3.05, 3.63) is 47.3 Å². The Hall–Kier alpha value is -1.99. The number of aryl methyl sites for hydroxylation is 2. The predicted octanol–water partition coefficient (Wildman–Crippen LogP) is 2.41. The number of hydrogen-bond donors (Lipinski definition) is 2. The van der Waals surface area contributed by atoms with Gasteiger partial charge >= 0.3 is 6.61 Å². The van der Waals surface area contributed by atoms with Gasteiger partial charge in [0.05, 0.1) is 11.8 Å². The van der Waals surface area contributed by atoms with Crippen LogP contribution in [0, 0.1) is 0 Å². The molecule has 0 bridgehead atoms. The van der Waals surface area contributed by atoms with Gasteiger partial charge in [-0.1, -0.05) is 19.1 Å². The second kappa shape index (κ2) is 8.03. The van der Waals surface area contributed by atoms with Gasteiger partial charge in [0.15, 0.2) is 0 Å². The highest BCUT2D eigenvalue weighted by atomic mass is 19.3. The Morgan fingerprint density at radius 3 is 2.87 bits per heavy atom. The average Bonchev–Trinajstić information content (AvgIpc) is 2.87. The first-order valence-corrected chi connectivity index (χ1v) is 7.44. The van der Waals surface area contributed by atoms with Crippen LogP contribution in [-0.4, -0.2) is 28.0 Å². The Bertz CT molecular complexity index is 632. The third-order valence-electron chi connectivity index (χ3n) is 3.45. The molecular formula is C16H21F2N3O2. The standard InChI is InChI=1S/C16H21F2N3O2/c1-3-14-12(10-21(2)20-14)8-19-9-15(22)11-5-4-6-13(7-11)23-16(17)18/h4-7,10,15-16,19,22H,3,8-9H2,1-2H3. The van der Waals surface area contributed by atoms with Crippen molar-refractivity contribution in [3.8, 4) is 5.75 Å². The molecule has 1 unspecified atom stereocenters. The Labute approximate surface area is 133 Å². The molecule has 1 aromatic carbocycles. The zero-order valence-electron chi connectivity index (χ0n) is 13.2. The number of aliphatic hydroxyl groups is 1. The number of nitrogens with zero attached hydrogens (tertiary/aromatic N) is 2. The number of aliphatic hydroxyl groups excluding tert-OH is 1. The van der Waals surface area contributed by atoms with Gasteiger partial charge in [-0.3, -0.25) is 4.68 Å². The molecular weight excluding hydrogens is 304 g/mol. The van der Waals surface area contributed by atoms with Gasteiger partial charge < -0.3 is 15.2 Å². The molecule has 0 saturated heterocycles. The number of nitrogens with one attached hydrogen (secondary N) is 1. The second-order valence-corrected chi connectivity index (χ2v) is 5.23. The van der Waals surface area contributed by atoms with Crippen molar-refractivity contribution in [3.63, 3.8) is 0 Å². The molecule has 7 heteroatoms. The normalized spacial score (nSPS) is 12.6. The Morgan fingerprint density at radius 1 is 1.39 bits per heavy atom. The number of ether oxygens (including phenoxy) is 1. The van der Waals surface area contributed by atoms with Crippen molar-refractivity contribution >= 4 is 0 Å². The van der Waals surface area contributed by atoms with Crippen LogP contribution >= 0.6 is 0 Å². The Kier molecular flexibility index (Phi) is 6.06. The van der Waals surface area contributed by atoms with Gasteiger partial charge in [-0.25, -0.2) is 0 Å². The van der Waals surface area contributed by atoms with Crippen molar-refractivity contribution in [2.75, 3.05) is 6.54 Å². The highest BCUT2D eigenvalue weighted by molar-refractivity contribution is 5.30. The van der Waals surface area contributed by atoms with E-state index in [1.165, 1.54) is 12.1 Å². The fourth-order valence-corrected chi connectivity index (χ4v) is 2.39. The molecule has 0 spiro atoms. The van der Waals surface area contributed by atoms with E-state index in [2.05, 4.69) is 15.2 Å². The first-order chi connectivity index (χ1) is 11.0. The van der Waals surface area contributed by atoms with E-state index in [-0.39, 0.29) is 5.75 Å². The minimum Gasteiger partial charge on any atom is -0.435 e. The first kappa shape index (κ1) is 17.4. The monoisotopic (exact) mass is 325 g/mol. The van der Waals surface area contributed by atoms with Crippen molar-refractivity contribution in [1.82, 2.24) is 15.1 Å². The number of hydrogen-bond acceptors (Lipinski definition) is 4. The van der Waals surface area contributed by atoms with E-state index in [1.807, 2.05) is 20.2 Å². The summed E-state index contributed by atoms with van der Waals surface area (Å²) in [5, 5.41) is 17.7. The van der Waals surface area contributed by atoms with Crippen LogP contribution in [0.3, 0.4) is 0 Å². The summed E-state index contributed by atoms with van der Waals surface area (Å²) < 4.78 is 30.5. The van der Waals surface area contributed by atoms with E-state index < -0.39 is 12.7 Å². The molecule has 23 heavy (non-hydrogen) atoms. The maximum Gasteiger partial charge on any atom is 0.387 e. The Morgan fingerprint density at radius 2 is 2.17 bits per heavy atom. The molecule has 0 saturated carbocycles. The molecule has 5 nitrogen and oxygen atoms in total. The maximum atomic E-state index is 12.2. The summed E-state index contributed by atoms with van der Waals surface area (Å²) in [5.41, 5.74) is 2.62. The van der Waals surface area contributed by atoms with Crippen LogP contribution in [0.4, 0.5) is 8.78 Å². The van der Waals surface area contributed by atoms with Crippen LogP contribution in [0.15, 0.2) is 30.5 Å². The SMILES string of the molecule is CCc1nn(C)cc1CNCC(O)c1cccc(OC(F)F)c1. The summed E-state index contributed by atoms with van der Waals surface area (Å²) in [7, 11) is 1.87. The van der Waals surface area contributed by atoms with E-state index in [9.17, 15) is 13.9 Å². The van der Waals surface area contributed by atoms with Gasteiger partial charge in [0.1, 0.15) is 5.75 Å². The van der Waals surface area contributed by atoms with E-state index in [1.54, 1.807) is 16.8 Å². The van der Waals surface area contributed by atoms with E-state index in [0.717, 1.165) is 17.7 Å². The van der Waals surface area contributed by atoms with E-state index >= 15 is 0 Å². The molecule has 0 radical (unpaired) electrons. The highest BCUT2D eigenvalue weighted by Gasteiger charge is 2.11. The van der Waals surface area contributed by atoms with Gasteiger partial charge in [-0.2, -0.15) is 13.9 Å². The number of halogens is 2. The molecule has 0 aliphatic rings. The fourth-order valence-electron chi connectivity index (χ4n) is 2.39. The number of alkyl halides is 2. The van der Waals surface area contributed by atoms with Crippen molar-refractivity contribution in [2.24, 2.45) is 7.05 Å². The highest BCUT2D eigenvalue weighted by Crippen LogP contribution is 2.20. The quantitative estimate of drug-likeness (QED) is 0.782. The maximum absolute atomic E-state index is 12.2. The molecule has 0 fully saturated rings. The lowest BCUT2D eigenvalue weighted by molar-refractivity contribution is -0.0499. The van der Waals surface area contributed by atoms with Gasteiger partial charge in [0.2, 0.25) is 0 Å². The number of aromatic nitrogens is 2. The van der Waals surface area contributed by atoms with Crippen molar-refractivity contribution in [2.45, 2.75) is 32.6 Å². The van der Waals surface area contributed by atoms with Crippen LogP contribution in [0.1, 0.15) is 29.8 Å². The van der Waals surface area contributed by atoms with Crippen LogP contribution in [0.5, 0.6) is 5.75 Å². The molecule has 2 rings (SSSR count). The predicted molar refractivity (Wildman–Crippen MR) is 82.3 cm³/mol. The molecule has 0 amide bonds. The molecule has 1 heterocycles. The summed E-state index contributed by atoms with van der Waals surface area (Å²) in [4.78, 5) is 0. The molecule has 2 aromatic rings. The molecule has 2 N–H and O–H groups in total. The van der Waals surface area contributed by atoms with Gasteiger partial charge in [-0.05, 0) is 24.1 Å². The smallest absolute Gasteiger partial charge is 0.387 e. The van der Waals surface area contributed by atoms with E-state index in [4.69, 9.17) is 0 Å². The van der Waals surface area contributed by atoms with Crippen LogP contribution in [0.2, 0.25) is 0 Å². The summed E-state index contributed by atoms with van der Waals surface area (Å²) in [6, 6.07) is 6.10. The lowest BCUT2D eigenvalue weighted by atomic mass is 10.1. The van der Waals surface area contributed by atoms with Crippen molar-refractivity contribution < 1.29 is 18.6 Å². The summed E-state index contributed by atoms with van der Waals surface area (Å²) >= 11 is 0. The fraction of sp³-hybridized carbons (Fsp3) is 0.438. The van der Waals surface area contributed by atoms with E-state index in [0.29, 0.717) is 18.7 Å². The average molecular weight is 325 g/mol. The summed E-state index contributed by atoms with van der Waals surface area (Å²) in [6.07, 6.45) is 1.97. The topological polar surface area (TPSA) is 59.3 Å². The van der Waals surface area contributed by atoms with Gasteiger partial charge in [-0.15, -0.1) is 0 Å². The van der Waals surface area contributed by atoms with Crippen LogP contribution in [0.25, 0.3) is 0 Å². The third kappa shape index (κ3) is 5.01. The molecule has 1 atom stereocenters. The summed E-state index contributed by atoms with van der Waals surface area (Å²) in [6.45, 7) is 0.0470. The largest absolute Gasteiger partial charge is 0.435 e. The molecule has 1 aromatic heterocycles. The minimum atomic E-state index is -2.88. The molecule has 126 valence electrons. The third-order valence-corrected chi connectivity index (χ3v) is 3.45. The van der Waals surface area contributed by atoms with Gasteiger partial charge in [0.25, 0.3) is 0 Å². The number of rotatable bonds is 8. The van der Waals surface area contributed by atoms with Gasteiger partial charge in [0, 0.05) is 31.9 Å². The molecule has 0 aliphatic heterocycles. The lowest BCUT2D eigenvalue weighted by Crippen LogP contribution is -2.21. The van der Waals surface area contributed by atoms with Crippen LogP contribution in [-0.2, 0) is 20.0 Å².